The van der Waals surface area contributed by atoms with Gasteiger partial charge in [0, 0.05) is 32.3 Å². The number of halogens is 3. The fourth-order valence-corrected chi connectivity index (χ4v) is 3.62. The zero-order valence-corrected chi connectivity index (χ0v) is 12.8. The first-order chi connectivity index (χ1) is 10.0. The Balaban J connectivity index is 1.93. The molecule has 2 aliphatic rings. The van der Waals surface area contributed by atoms with E-state index < -0.39 is 12.1 Å². The van der Waals surface area contributed by atoms with Crippen molar-refractivity contribution in [2.45, 2.75) is 56.8 Å². The Bertz CT molecular complexity index is 306. The van der Waals surface area contributed by atoms with E-state index in [0.717, 1.165) is 32.5 Å². The van der Waals surface area contributed by atoms with Crippen LogP contribution in [0, 0.1) is 5.92 Å². The molecule has 2 rings (SSSR count). The minimum absolute atomic E-state index is 0.0444. The number of ether oxygens (including phenoxy) is 1. The fraction of sp³-hybridized carbons (Fsp3) is 1.00. The molecule has 3 unspecified atom stereocenters. The molecule has 0 spiro atoms. The van der Waals surface area contributed by atoms with Gasteiger partial charge < -0.3 is 10.1 Å². The molecule has 0 aromatic carbocycles. The van der Waals surface area contributed by atoms with Crippen molar-refractivity contribution < 1.29 is 17.9 Å². The Hall–Kier alpha value is -0.330. The van der Waals surface area contributed by atoms with Crippen LogP contribution in [0.25, 0.3) is 0 Å². The molecule has 3 atom stereocenters. The molecule has 1 saturated heterocycles. The van der Waals surface area contributed by atoms with Crippen LogP contribution >= 0.6 is 0 Å². The molecule has 1 N–H and O–H groups in total. The van der Waals surface area contributed by atoms with E-state index >= 15 is 0 Å². The molecule has 1 saturated carbocycles. The van der Waals surface area contributed by atoms with Crippen LogP contribution in [0.2, 0.25) is 0 Å². The third-order valence-electron chi connectivity index (χ3n) is 4.83. The monoisotopic (exact) mass is 308 g/mol. The summed E-state index contributed by atoms with van der Waals surface area (Å²) in [7, 11) is 1.64. The quantitative estimate of drug-likeness (QED) is 0.816. The predicted octanol–water partition coefficient (Wildman–Crippen LogP) is 2.81. The lowest BCUT2D eigenvalue weighted by Gasteiger charge is -2.39. The highest BCUT2D eigenvalue weighted by Gasteiger charge is 2.43. The first-order valence-corrected chi connectivity index (χ1v) is 8.03. The van der Waals surface area contributed by atoms with Gasteiger partial charge in [0.25, 0.3) is 0 Å². The van der Waals surface area contributed by atoms with Gasteiger partial charge in [-0.05, 0) is 38.6 Å². The number of hydrogen-bond acceptors (Lipinski definition) is 3. The number of nitrogens with one attached hydrogen (secondary N) is 1. The average molecular weight is 308 g/mol. The highest BCUT2D eigenvalue weighted by Crippen LogP contribution is 2.39. The topological polar surface area (TPSA) is 24.5 Å². The minimum Gasteiger partial charge on any atom is -0.383 e. The Morgan fingerprint density at radius 1 is 1.19 bits per heavy atom. The van der Waals surface area contributed by atoms with E-state index in [0.29, 0.717) is 25.5 Å². The summed E-state index contributed by atoms with van der Waals surface area (Å²) in [5.41, 5.74) is 0. The Labute approximate surface area is 125 Å². The largest absolute Gasteiger partial charge is 0.391 e. The van der Waals surface area contributed by atoms with Crippen LogP contribution in [0.15, 0.2) is 0 Å². The summed E-state index contributed by atoms with van der Waals surface area (Å²) in [6.45, 7) is 3.18. The Kier molecular flexibility index (Phi) is 6.32. The van der Waals surface area contributed by atoms with Crippen molar-refractivity contribution in [3.8, 4) is 0 Å². The van der Waals surface area contributed by atoms with E-state index in [1.807, 2.05) is 0 Å². The van der Waals surface area contributed by atoms with Gasteiger partial charge >= 0.3 is 6.18 Å². The van der Waals surface area contributed by atoms with Crippen molar-refractivity contribution >= 4 is 0 Å². The van der Waals surface area contributed by atoms with Crippen LogP contribution in [-0.2, 0) is 4.74 Å². The molecule has 0 amide bonds. The first kappa shape index (κ1) is 17.0. The first-order valence-electron chi connectivity index (χ1n) is 8.03. The molecule has 1 aliphatic heterocycles. The van der Waals surface area contributed by atoms with E-state index in [9.17, 15) is 13.2 Å². The van der Waals surface area contributed by atoms with Crippen LogP contribution in [0.3, 0.4) is 0 Å². The van der Waals surface area contributed by atoms with Crippen molar-refractivity contribution in [3.05, 3.63) is 0 Å². The fourth-order valence-electron chi connectivity index (χ4n) is 3.62. The number of nitrogens with zero attached hydrogens (tertiary/aromatic N) is 1. The molecule has 0 bridgehead atoms. The van der Waals surface area contributed by atoms with Crippen molar-refractivity contribution in [2.24, 2.45) is 5.92 Å². The van der Waals surface area contributed by atoms with Crippen LogP contribution in [0.4, 0.5) is 13.2 Å². The van der Waals surface area contributed by atoms with Crippen molar-refractivity contribution in [3.63, 3.8) is 0 Å². The molecule has 0 radical (unpaired) electrons. The molecule has 2 fully saturated rings. The number of rotatable bonds is 6. The smallest absolute Gasteiger partial charge is 0.383 e. The Morgan fingerprint density at radius 2 is 2.00 bits per heavy atom. The molecule has 21 heavy (non-hydrogen) atoms. The normalized spacial score (nSPS) is 31.0. The van der Waals surface area contributed by atoms with Gasteiger partial charge in [-0.25, -0.2) is 0 Å². The van der Waals surface area contributed by atoms with Gasteiger partial charge in [0.15, 0.2) is 0 Å². The lowest BCUT2D eigenvalue weighted by Crippen LogP contribution is -2.47. The molecule has 0 aromatic rings. The number of hydrogen-bond donors (Lipinski definition) is 1. The average Bonchev–Trinajstić information content (AvgIpc) is 2.95. The van der Waals surface area contributed by atoms with Gasteiger partial charge in [-0.15, -0.1) is 0 Å². The van der Waals surface area contributed by atoms with Gasteiger partial charge in [0.1, 0.15) is 0 Å². The molecule has 124 valence electrons. The lowest BCUT2D eigenvalue weighted by molar-refractivity contribution is -0.187. The highest BCUT2D eigenvalue weighted by molar-refractivity contribution is 4.87. The van der Waals surface area contributed by atoms with E-state index in [2.05, 4.69) is 10.2 Å². The van der Waals surface area contributed by atoms with Gasteiger partial charge in [-0.3, -0.25) is 4.90 Å². The van der Waals surface area contributed by atoms with Gasteiger partial charge in [0.05, 0.1) is 12.5 Å². The third-order valence-corrected chi connectivity index (χ3v) is 4.83. The lowest BCUT2D eigenvalue weighted by atomic mass is 9.84. The zero-order valence-electron chi connectivity index (χ0n) is 12.8. The predicted molar refractivity (Wildman–Crippen MR) is 76.3 cm³/mol. The molecular weight excluding hydrogens is 281 g/mol. The maximum atomic E-state index is 13.0. The molecule has 0 aromatic heterocycles. The third kappa shape index (κ3) is 5.11. The minimum atomic E-state index is -4.04. The Morgan fingerprint density at radius 3 is 2.62 bits per heavy atom. The van der Waals surface area contributed by atoms with E-state index in [4.69, 9.17) is 4.74 Å². The van der Waals surface area contributed by atoms with Gasteiger partial charge in [0.2, 0.25) is 0 Å². The summed E-state index contributed by atoms with van der Waals surface area (Å²) >= 11 is 0. The second-order valence-electron chi connectivity index (χ2n) is 6.34. The van der Waals surface area contributed by atoms with E-state index in [1.165, 1.54) is 6.42 Å². The van der Waals surface area contributed by atoms with Crippen LogP contribution in [-0.4, -0.2) is 56.5 Å². The molecule has 6 heteroatoms. The SMILES string of the molecule is COCCN(CC1CCCN1)C1CCCC(C(F)(F)F)C1. The molecule has 1 aliphatic carbocycles. The molecular formula is C15H27F3N2O. The van der Waals surface area contributed by atoms with Gasteiger partial charge in [-0.1, -0.05) is 6.42 Å². The van der Waals surface area contributed by atoms with Gasteiger partial charge in [-0.2, -0.15) is 13.2 Å². The summed E-state index contributed by atoms with van der Waals surface area (Å²) in [5, 5.41) is 3.44. The summed E-state index contributed by atoms with van der Waals surface area (Å²) in [6, 6.07) is 0.469. The maximum Gasteiger partial charge on any atom is 0.391 e. The molecule has 3 nitrogen and oxygen atoms in total. The van der Waals surface area contributed by atoms with E-state index in [-0.39, 0.29) is 12.5 Å². The van der Waals surface area contributed by atoms with Crippen molar-refractivity contribution in [1.82, 2.24) is 10.2 Å². The van der Waals surface area contributed by atoms with Crippen molar-refractivity contribution in [2.75, 3.05) is 33.4 Å². The summed E-state index contributed by atoms with van der Waals surface area (Å²) in [5.74, 6) is -1.13. The van der Waals surface area contributed by atoms with Crippen LogP contribution in [0.1, 0.15) is 38.5 Å². The number of methoxy groups -OCH3 is 1. The summed E-state index contributed by atoms with van der Waals surface area (Å²) < 4.78 is 44.1. The standard InChI is InChI=1S/C15H27F3N2O/c1-21-9-8-20(11-13-5-3-7-19-13)14-6-2-4-12(10-14)15(16,17)18/h12-14,19H,2-11H2,1H3. The summed E-state index contributed by atoms with van der Waals surface area (Å²) in [4.78, 5) is 2.23. The second-order valence-corrected chi connectivity index (χ2v) is 6.34. The second kappa shape index (κ2) is 7.79. The maximum absolute atomic E-state index is 13.0. The van der Waals surface area contributed by atoms with Crippen LogP contribution in [0.5, 0.6) is 0 Å². The van der Waals surface area contributed by atoms with E-state index in [1.54, 1.807) is 7.11 Å². The highest BCUT2D eigenvalue weighted by atomic mass is 19.4. The van der Waals surface area contributed by atoms with Crippen molar-refractivity contribution in [1.29, 1.82) is 0 Å². The number of alkyl halides is 3. The van der Waals surface area contributed by atoms with Crippen LogP contribution < -0.4 is 5.32 Å². The molecule has 1 heterocycles. The summed E-state index contributed by atoms with van der Waals surface area (Å²) in [6.07, 6.45) is 0.341. The zero-order chi connectivity index (χ0) is 15.3.